The fourth-order valence-electron chi connectivity index (χ4n) is 6.20. The molecule has 0 fully saturated rings. The highest BCUT2D eigenvalue weighted by molar-refractivity contribution is 6.11. The zero-order chi connectivity index (χ0) is 29.8. The van der Waals surface area contributed by atoms with Crippen molar-refractivity contribution in [2.24, 2.45) is 0 Å². The lowest BCUT2D eigenvalue weighted by Crippen LogP contribution is -2.03. The first-order chi connectivity index (χ1) is 20.7. The first-order valence-corrected chi connectivity index (χ1v) is 17.9. The van der Waals surface area contributed by atoms with Crippen LogP contribution in [0.1, 0.15) is 153 Å². The van der Waals surface area contributed by atoms with E-state index in [1.54, 1.807) is 0 Å². The number of fused-ring (bicyclic) bond motifs is 2. The average molecular weight is 575 g/mol. The molecule has 234 valence electrons. The van der Waals surface area contributed by atoms with Gasteiger partial charge in [-0.1, -0.05) is 154 Å². The van der Waals surface area contributed by atoms with Gasteiger partial charge in [0.25, 0.3) is 0 Å². The maximum atomic E-state index is 6.61. The monoisotopic (exact) mass is 574 g/mol. The molecule has 0 atom stereocenters. The lowest BCUT2D eigenvalue weighted by molar-refractivity contribution is 0.306. The Hall–Kier alpha value is -2.22. The molecule has 3 rings (SSSR count). The fourth-order valence-corrected chi connectivity index (χ4v) is 6.20. The Kier molecular flexibility index (Phi) is 16.8. The van der Waals surface area contributed by atoms with E-state index in [1.165, 1.54) is 148 Å². The van der Waals surface area contributed by atoms with Crippen molar-refractivity contribution in [1.29, 1.82) is 0 Å². The first kappa shape index (κ1) is 34.3. The van der Waals surface area contributed by atoms with Crippen LogP contribution < -0.4 is 9.47 Å². The molecule has 0 aromatic heterocycles. The molecule has 42 heavy (non-hydrogen) atoms. The van der Waals surface area contributed by atoms with Gasteiger partial charge in [-0.3, -0.25) is 0 Å². The Morgan fingerprint density at radius 2 is 0.714 bits per heavy atom. The van der Waals surface area contributed by atoms with E-state index in [2.05, 4.69) is 64.1 Å². The van der Waals surface area contributed by atoms with E-state index in [0.29, 0.717) is 0 Å². The van der Waals surface area contributed by atoms with E-state index in [-0.39, 0.29) is 0 Å². The second kappa shape index (κ2) is 20.6. The molecule has 0 aliphatic heterocycles. The van der Waals surface area contributed by atoms with Gasteiger partial charge in [-0.05, 0) is 49.9 Å². The highest BCUT2D eigenvalue weighted by Gasteiger charge is 2.17. The lowest BCUT2D eigenvalue weighted by atomic mass is 9.96. The van der Waals surface area contributed by atoms with E-state index < -0.39 is 0 Å². The summed E-state index contributed by atoms with van der Waals surface area (Å²) in [6.07, 6.45) is 26.8. The minimum absolute atomic E-state index is 0.779. The lowest BCUT2D eigenvalue weighted by Gasteiger charge is -2.19. The summed E-state index contributed by atoms with van der Waals surface area (Å²) in [4.78, 5) is 0. The summed E-state index contributed by atoms with van der Waals surface area (Å²) in [6, 6.07) is 13.3. The van der Waals surface area contributed by atoms with Gasteiger partial charge in [-0.2, -0.15) is 0 Å². The van der Waals surface area contributed by atoms with Crippen molar-refractivity contribution in [3.8, 4) is 11.5 Å². The van der Waals surface area contributed by atoms with Gasteiger partial charge in [0.05, 0.1) is 13.2 Å². The van der Waals surface area contributed by atoms with Crippen molar-refractivity contribution in [1.82, 2.24) is 0 Å². The number of unbranched alkanes of at least 4 members (excludes halogenated alkanes) is 18. The maximum absolute atomic E-state index is 6.61. The number of benzene rings is 3. The molecule has 0 saturated heterocycles. The number of hydrogen-bond acceptors (Lipinski definition) is 2. The Morgan fingerprint density at radius 3 is 1.05 bits per heavy atom. The summed E-state index contributed by atoms with van der Waals surface area (Å²) in [6.45, 7) is 10.6. The molecular weight excluding hydrogens is 512 g/mol. The average Bonchev–Trinajstić information content (AvgIpc) is 3.00. The minimum Gasteiger partial charge on any atom is -0.492 e. The third-order valence-electron chi connectivity index (χ3n) is 9.03. The van der Waals surface area contributed by atoms with Crippen LogP contribution >= 0.6 is 0 Å². The molecule has 0 aliphatic carbocycles. The van der Waals surface area contributed by atoms with Crippen LogP contribution in [0, 0.1) is 13.8 Å². The molecule has 0 spiro atoms. The number of aryl methyl sites for hydroxylation is 2. The second-order valence-electron chi connectivity index (χ2n) is 12.7. The van der Waals surface area contributed by atoms with Crippen molar-refractivity contribution < 1.29 is 9.47 Å². The molecule has 2 nitrogen and oxygen atoms in total. The molecule has 2 heteroatoms. The fraction of sp³-hybridized carbons (Fsp3) is 0.650. The molecule has 3 aromatic carbocycles. The summed E-state index contributed by atoms with van der Waals surface area (Å²) in [5, 5.41) is 4.75. The molecule has 0 amide bonds. The van der Waals surface area contributed by atoms with Crippen molar-refractivity contribution in [2.45, 2.75) is 156 Å². The van der Waals surface area contributed by atoms with Gasteiger partial charge in [0.1, 0.15) is 11.5 Å². The summed E-state index contributed by atoms with van der Waals surface area (Å²) >= 11 is 0. The smallest absolute Gasteiger partial charge is 0.135 e. The van der Waals surface area contributed by atoms with Crippen LogP contribution in [0.4, 0.5) is 0 Å². The molecule has 0 N–H and O–H groups in total. The maximum Gasteiger partial charge on any atom is 0.135 e. The van der Waals surface area contributed by atoms with Crippen LogP contribution in [0.2, 0.25) is 0 Å². The van der Waals surface area contributed by atoms with Gasteiger partial charge >= 0.3 is 0 Å². The van der Waals surface area contributed by atoms with Crippen LogP contribution in [0.5, 0.6) is 11.5 Å². The van der Waals surface area contributed by atoms with Crippen LogP contribution in [0.25, 0.3) is 21.5 Å². The summed E-state index contributed by atoms with van der Waals surface area (Å²) < 4.78 is 13.2. The normalized spacial score (nSPS) is 11.5. The van der Waals surface area contributed by atoms with E-state index in [1.807, 2.05) is 0 Å². The molecule has 0 aliphatic rings. The Morgan fingerprint density at radius 1 is 0.405 bits per heavy atom. The van der Waals surface area contributed by atoms with Gasteiger partial charge in [0, 0.05) is 21.5 Å². The molecule has 0 radical (unpaired) electrons. The number of rotatable bonds is 24. The highest BCUT2D eigenvalue weighted by atomic mass is 16.5. The van der Waals surface area contributed by atoms with E-state index in [0.717, 1.165) is 37.6 Å². The van der Waals surface area contributed by atoms with Crippen LogP contribution in [-0.2, 0) is 0 Å². The highest BCUT2D eigenvalue weighted by Crippen LogP contribution is 2.44. The molecule has 0 saturated carbocycles. The molecule has 0 bridgehead atoms. The SMILES string of the molecule is CCCCCCCCCCCCOc1c2ccccc2c(OCCCCCCCCCCCC)c2cc(C)c(C)cc12. The molecule has 0 heterocycles. The topological polar surface area (TPSA) is 18.5 Å². The Bertz CT molecular complexity index is 1060. The number of ether oxygens (including phenoxy) is 2. The van der Waals surface area contributed by atoms with E-state index in [9.17, 15) is 0 Å². The van der Waals surface area contributed by atoms with Gasteiger partial charge in [-0.25, -0.2) is 0 Å². The van der Waals surface area contributed by atoms with Crippen molar-refractivity contribution in [3.63, 3.8) is 0 Å². The summed E-state index contributed by atoms with van der Waals surface area (Å²) in [5.41, 5.74) is 2.62. The third-order valence-corrected chi connectivity index (χ3v) is 9.03. The van der Waals surface area contributed by atoms with Crippen LogP contribution in [-0.4, -0.2) is 13.2 Å². The zero-order valence-electron chi connectivity index (χ0n) is 27.8. The predicted octanol–water partition coefficient (Wildman–Crippen LogP) is 13.2. The quantitative estimate of drug-likeness (QED) is 0.0782. The minimum atomic E-state index is 0.779. The molecule has 3 aromatic rings. The van der Waals surface area contributed by atoms with E-state index in [4.69, 9.17) is 9.47 Å². The summed E-state index contributed by atoms with van der Waals surface area (Å²) in [5.74, 6) is 2.07. The second-order valence-corrected chi connectivity index (χ2v) is 12.7. The predicted molar refractivity (Wildman–Crippen MR) is 186 cm³/mol. The van der Waals surface area contributed by atoms with Gasteiger partial charge < -0.3 is 9.47 Å². The van der Waals surface area contributed by atoms with Crippen molar-refractivity contribution in [3.05, 3.63) is 47.5 Å². The third kappa shape index (κ3) is 11.5. The largest absolute Gasteiger partial charge is 0.492 e. The summed E-state index contributed by atoms with van der Waals surface area (Å²) in [7, 11) is 0. The van der Waals surface area contributed by atoms with Crippen molar-refractivity contribution in [2.75, 3.05) is 13.2 Å². The molecular formula is C40H62O2. The van der Waals surface area contributed by atoms with Crippen LogP contribution in [0.15, 0.2) is 36.4 Å². The molecule has 0 unspecified atom stereocenters. The standard InChI is InChI=1S/C40H62O2/c1-5-7-9-11-13-15-17-19-21-25-29-41-39-35-27-23-24-28-36(35)40(38-32-34(4)33(3)31-37(38)39)42-30-26-22-20-18-16-14-12-10-8-6-2/h23-24,27-28,31-32H,5-22,25-26,29-30H2,1-4H3. The van der Waals surface area contributed by atoms with Crippen molar-refractivity contribution >= 4 is 21.5 Å². The Balaban J connectivity index is 1.56. The first-order valence-electron chi connectivity index (χ1n) is 17.9. The number of hydrogen-bond donors (Lipinski definition) is 0. The Labute approximate surface area is 259 Å². The van der Waals surface area contributed by atoms with Gasteiger partial charge in [-0.15, -0.1) is 0 Å². The zero-order valence-corrected chi connectivity index (χ0v) is 27.8. The van der Waals surface area contributed by atoms with E-state index >= 15 is 0 Å². The van der Waals surface area contributed by atoms with Gasteiger partial charge in [0.15, 0.2) is 0 Å². The van der Waals surface area contributed by atoms with Gasteiger partial charge in [0.2, 0.25) is 0 Å². The van der Waals surface area contributed by atoms with Crippen LogP contribution in [0.3, 0.4) is 0 Å².